The molecule has 5 nitrogen and oxygen atoms in total. The predicted molar refractivity (Wildman–Crippen MR) is 94.3 cm³/mol. The zero-order valence-electron chi connectivity index (χ0n) is 13.3. The Bertz CT molecular complexity index is 945. The van der Waals surface area contributed by atoms with Gasteiger partial charge in [0, 0.05) is 22.0 Å². The Hall–Kier alpha value is -2.66. The van der Waals surface area contributed by atoms with Gasteiger partial charge in [0.25, 0.3) is 5.91 Å². The molecule has 0 aliphatic rings. The molecule has 3 aromatic rings. The lowest BCUT2D eigenvalue weighted by atomic mass is 10.2. The highest BCUT2D eigenvalue weighted by Gasteiger charge is 2.18. The van der Waals surface area contributed by atoms with Crippen molar-refractivity contribution in [2.75, 3.05) is 0 Å². The molecule has 0 radical (unpaired) electrons. The van der Waals surface area contributed by atoms with Gasteiger partial charge in [-0.05, 0) is 38.1 Å². The summed E-state index contributed by atoms with van der Waals surface area (Å²) in [6.45, 7) is 3.93. The molecule has 122 valence electrons. The molecule has 0 unspecified atom stereocenters. The molecule has 0 spiro atoms. The number of halogens is 1. The van der Waals surface area contributed by atoms with Crippen LogP contribution in [-0.4, -0.2) is 15.6 Å². The number of carbonyl (C=O) groups is 1. The molecule has 0 atom stereocenters. The van der Waals surface area contributed by atoms with Gasteiger partial charge in [-0.25, -0.2) is 0 Å². The monoisotopic (exact) mass is 341 g/mol. The van der Waals surface area contributed by atoms with E-state index in [1.165, 1.54) is 6.07 Å². The maximum atomic E-state index is 12.2. The molecular formula is C18H16ClN3O2. The number of azo groups is 1. The van der Waals surface area contributed by atoms with Crippen LogP contribution in [0.3, 0.4) is 0 Å². The van der Waals surface area contributed by atoms with Crippen LogP contribution < -0.4 is 0 Å². The third kappa shape index (κ3) is 2.90. The first-order valence-corrected chi connectivity index (χ1v) is 7.90. The summed E-state index contributed by atoms with van der Waals surface area (Å²) in [5.74, 6) is -0.521. The molecule has 6 heteroatoms. The third-order valence-electron chi connectivity index (χ3n) is 3.69. The SMILES string of the molecule is CC(C)n1c(O)c(N=NC(=O)c2cccc(Cl)c2)c2ccccc21. The molecule has 0 saturated carbocycles. The van der Waals surface area contributed by atoms with Gasteiger partial charge in [-0.15, -0.1) is 10.2 Å². The standard InChI is InChI=1S/C18H16ClN3O2/c1-11(2)22-15-9-4-3-8-14(15)16(18(22)24)20-21-17(23)12-6-5-7-13(19)10-12/h3-11,24H,1-2H3. The van der Waals surface area contributed by atoms with Crippen LogP contribution in [0.25, 0.3) is 10.9 Å². The molecule has 3 rings (SSSR count). The molecule has 24 heavy (non-hydrogen) atoms. The minimum absolute atomic E-state index is 0.00570. The average Bonchev–Trinajstić information content (AvgIpc) is 2.84. The fourth-order valence-corrected chi connectivity index (χ4v) is 2.82. The molecule has 0 aliphatic carbocycles. The van der Waals surface area contributed by atoms with Gasteiger partial charge in [0.1, 0.15) is 0 Å². The van der Waals surface area contributed by atoms with Crippen molar-refractivity contribution < 1.29 is 9.90 Å². The van der Waals surface area contributed by atoms with Crippen LogP contribution in [0.5, 0.6) is 5.88 Å². The van der Waals surface area contributed by atoms with Crippen molar-refractivity contribution in [2.45, 2.75) is 19.9 Å². The minimum Gasteiger partial charge on any atom is -0.493 e. The maximum absolute atomic E-state index is 12.2. The summed E-state index contributed by atoms with van der Waals surface area (Å²) < 4.78 is 1.76. The van der Waals surface area contributed by atoms with Gasteiger partial charge < -0.3 is 9.67 Å². The van der Waals surface area contributed by atoms with Gasteiger partial charge in [-0.1, -0.05) is 35.9 Å². The maximum Gasteiger partial charge on any atom is 0.295 e. The van der Waals surface area contributed by atoms with E-state index in [1.54, 1.807) is 22.8 Å². The second-order valence-corrected chi connectivity index (χ2v) is 6.11. The molecule has 1 amide bonds. The van der Waals surface area contributed by atoms with Gasteiger partial charge in [-0.3, -0.25) is 4.79 Å². The Morgan fingerprint density at radius 2 is 1.92 bits per heavy atom. The van der Waals surface area contributed by atoms with Gasteiger partial charge in [-0.2, -0.15) is 0 Å². The summed E-state index contributed by atoms with van der Waals surface area (Å²) in [4.78, 5) is 12.2. The highest BCUT2D eigenvalue weighted by Crippen LogP contribution is 2.40. The van der Waals surface area contributed by atoms with E-state index in [-0.39, 0.29) is 17.6 Å². The number of benzene rings is 2. The van der Waals surface area contributed by atoms with Crippen LogP contribution in [0.15, 0.2) is 58.8 Å². The molecule has 0 aliphatic heterocycles. The number of fused-ring (bicyclic) bond motifs is 1. The smallest absolute Gasteiger partial charge is 0.295 e. The fraction of sp³-hybridized carbons (Fsp3) is 0.167. The van der Waals surface area contributed by atoms with E-state index in [4.69, 9.17) is 11.6 Å². The molecule has 0 bridgehead atoms. The summed E-state index contributed by atoms with van der Waals surface area (Å²) in [6, 6.07) is 14.0. The number of amides is 1. The average molecular weight is 342 g/mol. The number of para-hydroxylation sites is 1. The van der Waals surface area contributed by atoms with Crippen molar-refractivity contribution in [3.8, 4) is 5.88 Å². The van der Waals surface area contributed by atoms with Crippen LogP contribution in [0.1, 0.15) is 30.2 Å². The second kappa shape index (κ2) is 6.45. The first-order chi connectivity index (χ1) is 11.5. The van der Waals surface area contributed by atoms with Crippen molar-refractivity contribution in [2.24, 2.45) is 10.2 Å². The summed E-state index contributed by atoms with van der Waals surface area (Å²) in [5.41, 5.74) is 1.47. The number of aromatic hydroxyl groups is 1. The van der Waals surface area contributed by atoms with Crippen LogP contribution in [0.2, 0.25) is 5.02 Å². The number of carbonyl (C=O) groups excluding carboxylic acids is 1. The molecule has 1 heterocycles. The van der Waals surface area contributed by atoms with E-state index in [2.05, 4.69) is 10.2 Å². The van der Waals surface area contributed by atoms with Gasteiger partial charge in [0.15, 0.2) is 5.69 Å². The van der Waals surface area contributed by atoms with E-state index in [1.807, 2.05) is 38.1 Å². The first-order valence-electron chi connectivity index (χ1n) is 7.52. The Morgan fingerprint density at radius 3 is 2.62 bits per heavy atom. The molecule has 0 saturated heterocycles. The van der Waals surface area contributed by atoms with Crippen LogP contribution in [-0.2, 0) is 0 Å². The quantitative estimate of drug-likeness (QED) is 0.638. The first kappa shape index (κ1) is 16.2. The summed E-state index contributed by atoms with van der Waals surface area (Å²) in [7, 11) is 0. The van der Waals surface area contributed by atoms with Gasteiger partial charge in [0.05, 0.1) is 5.52 Å². The fourth-order valence-electron chi connectivity index (χ4n) is 2.63. The van der Waals surface area contributed by atoms with Crippen LogP contribution >= 0.6 is 11.6 Å². The number of hydrogen-bond acceptors (Lipinski definition) is 3. The Kier molecular flexibility index (Phi) is 4.36. The zero-order chi connectivity index (χ0) is 17.3. The lowest BCUT2D eigenvalue weighted by molar-refractivity contribution is 0.0995. The van der Waals surface area contributed by atoms with E-state index < -0.39 is 5.91 Å². The lowest BCUT2D eigenvalue weighted by Gasteiger charge is -2.10. The number of nitrogens with zero attached hydrogens (tertiary/aromatic N) is 3. The predicted octanol–water partition coefficient (Wildman–Crippen LogP) is 5.51. The molecule has 0 fully saturated rings. The summed E-state index contributed by atoms with van der Waals surface area (Å²) in [6.07, 6.45) is 0. The Balaban J connectivity index is 2.04. The van der Waals surface area contributed by atoms with E-state index in [9.17, 15) is 9.90 Å². The second-order valence-electron chi connectivity index (χ2n) is 5.67. The third-order valence-corrected chi connectivity index (χ3v) is 3.92. The molecule has 2 aromatic carbocycles. The van der Waals surface area contributed by atoms with Crippen molar-refractivity contribution >= 4 is 34.1 Å². The van der Waals surface area contributed by atoms with Gasteiger partial charge in [0.2, 0.25) is 5.88 Å². The van der Waals surface area contributed by atoms with E-state index in [0.717, 1.165) is 10.9 Å². The topological polar surface area (TPSA) is 66.9 Å². The normalized spacial score (nSPS) is 11.7. The molecular weight excluding hydrogens is 326 g/mol. The van der Waals surface area contributed by atoms with Crippen LogP contribution in [0.4, 0.5) is 5.69 Å². The highest BCUT2D eigenvalue weighted by atomic mass is 35.5. The summed E-state index contributed by atoms with van der Waals surface area (Å²) in [5, 5.41) is 19.4. The number of aromatic nitrogens is 1. The van der Waals surface area contributed by atoms with Crippen molar-refractivity contribution in [3.63, 3.8) is 0 Å². The Labute approximate surface area is 144 Å². The van der Waals surface area contributed by atoms with Crippen LogP contribution in [0, 0.1) is 0 Å². The zero-order valence-corrected chi connectivity index (χ0v) is 14.0. The van der Waals surface area contributed by atoms with Gasteiger partial charge >= 0.3 is 0 Å². The van der Waals surface area contributed by atoms with Crippen molar-refractivity contribution in [3.05, 3.63) is 59.1 Å². The van der Waals surface area contributed by atoms with E-state index in [0.29, 0.717) is 10.6 Å². The largest absolute Gasteiger partial charge is 0.493 e. The molecule has 1 aromatic heterocycles. The minimum atomic E-state index is -0.515. The Morgan fingerprint density at radius 1 is 1.17 bits per heavy atom. The highest BCUT2D eigenvalue weighted by molar-refractivity contribution is 6.30. The van der Waals surface area contributed by atoms with Crippen molar-refractivity contribution in [1.82, 2.24) is 4.57 Å². The number of hydrogen-bond donors (Lipinski definition) is 1. The van der Waals surface area contributed by atoms with E-state index >= 15 is 0 Å². The lowest BCUT2D eigenvalue weighted by Crippen LogP contribution is -1.98. The van der Waals surface area contributed by atoms with Crippen molar-refractivity contribution in [1.29, 1.82) is 0 Å². The number of rotatable bonds is 3. The summed E-state index contributed by atoms with van der Waals surface area (Å²) >= 11 is 5.88. The molecule has 1 N–H and O–H groups in total.